The van der Waals surface area contributed by atoms with E-state index in [1.807, 2.05) is 53.8 Å². The first-order valence-corrected chi connectivity index (χ1v) is 10.0. The van der Waals surface area contributed by atoms with Crippen molar-refractivity contribution in [2.24, 2.45) is 5.73 Å². The number of para-hydroxylation sites is 1. The lowest BCUT2D eigenvalue weighted by atomic mass is 10.1. The molecule has 1 aromatic heterocycles. The highest BCUT2D eigenvalue weighted by Crippen LogP contribution is 2.31. The van der Waals surface area contributed by atoms with E-state index in [9.17, 15) is 14.4 Å². The number of rotatable bonds is 7. The molecule has 0 aliphatic heterocycles. The molecule has 0 aliphatic rings. The summed E-state index contributed by atoms with van der Waals surface area (Å²) >= 11 is 1.64. The molecule has 0 fully saturated rings. The molecule has 8 heteroatoms. The summed E-state index contributed by atoms with van der Waals surface area (Å²) < 4.78 is 10.9. The molecule has 7 nitrogen and oxygen atoms in total. The zero-order valence-electron chi connectivity index (χ0n) is 15.7. The summed E-state index contributed by atoms with van der Waals surface area (Å²) in [6, 6.07) is 16.3. The number of carbonyl (C=O) groups is 3. The summed E-state index contributed by atoms with van der Waals surface area (Å²) in [5, 5.41) is 2.70. The first-order valence-electron chi connectivity index (χ1n) is 8.89. The van der Waals surface area contributed by atoms with E-state index in [-0.39, 0.29) is 5.76 Å². The molecule has 0 aliphatic carbocycles. The number of ether oxygens (including phenoxy) is 1. The van der Waals surface area contributed by atoms with Crippen molar-refractivity contribution in [2.45, 2.75) is 24.5 Å². The predicted molar refractivity (Wildman–Crippen MR) is 110 cm³/mol. The summed E-state index contributed by atoms with van der Waals surface area (Å²) in [4.78, 5) is 35.2. The highest BCUT2D eigenvalue weighted by atomic mass is 32.2. The maximum absolute atomic E-state index is 12.6. The fourth-order valence-electron chi connectivity index (χ4n) is 2.74. The Hall–Kier alpha value is -3.26. The average Bonchev–Trinajstić information content (AvgIpc) is 3.07. The number of carbonyl (C=O) groups excluding carboxylic acids is 3. The largest absolute Gasteiger partial charge is 0.449 e. The summed E-state index contributed by atoms with van der Waals surface area (Å²) in [7, 11) is 0. The number of benzene rings is 2. The summed E-state index contributed by atoms with van der Waals surface area (Å²) in [6.45, 7) is 1.35. The molecule has 1 unspecified atom stereocenters. The number of nitrogens with one attached hydrogen (secondary N) is 1. The molecule has 150 valence electrons. The fraction of sp³-hybridized carbons (Fsp3) is 0.190. The third-order valence-corrected chi connectivity index (χ3v) is 5.17. The molecule has 1 heterocycles. The average molecular weight is 412 g/mol. The van der Waals surface area contributed by atoms with Gasteiger partial charge in [-0.15, -0.1) is 0 Å². The van der Waals surface area contributed by atoms with E-state index in [1.54, 1.807) is 17.8 Å². The minimum absolute atomic E-state index is 0.0467. The molecule has 0 saturated carbocycles. The zero-order chi connectivity index (χ0) is 20.8. The molecule has 3 aromatic rings. The van der Waals surface area contributed by atoms with Crippen LogP contribution in [0.5, 0.6) is 0 Å². The second-order valence-corrected chi connectivity index (χ2v) is 7.27. The lowest BCUT2D eigenvalue weighted by Crippen LogP contribution is -2.42. The van der Waals surface area contributed by atoms with Gasteiger partial charge in [-0.05, 0) is 18.6 Å². The summed E-state index contributed by atoms with van der Waals surface area (Å²) in [5.41, 5.74) is 7.35. The van der Waals surface area contributed by atoms with Gasteiger partial charge in [0.25, 0.3) is 5.91 Å². The monoisotopic (exact) mass is 412 g/mol. The van der Waals surface area contributed by atoms with Crippen LogP contribution in [0.25, 0.3) is 11.0 Å². The lowest BCUT2D eigenvalue weighted by Gasteiger charge is -2.11. The van der Waals surface area contributed by atoms with Crippen LogP contribution in [0.15, 0.2) is 59.0 Å². The van der Waals surface area contributed by atoms with Gasteiger partial charge < -0.3 is 14.9 Å². The van der Waals surface area contributed by atoms with Gasteiger partial charge in [0.05, 0.1) is 0 Å². The van der Waals surface area contributed by atoms with Gasteiger partial charge in [-0.2, -0.15) is 11.8 Å². The van der Waals surface area contributed by atoms with Gasteiger partial charge >= 0.3 is 12.0 Å². The molecule has 0 bridgehead atoms. The predicted octanol–water partition coefficient (Wildman–Crippen LogP) is 3.61. The highest BCUT2D eigenvalue weighted by molar-refractivity contribution is 7.97. The second kappa shape index (κ2) is 9.29. The van der Waals surface area contributed by atoms with Gasteiger partial charge in [0, 0.05) is 22.5 Å². The van der Waals surface area contributed by atoms with E-state index >= 15 is 0 Å². The van der Waals surface area contributed by atoms with Crippen LogP contribution in [0.2, 0.25) is 0 Å². The van der Waals surface area contributed by atoms with E-state index in [0.29, 0.717) is 16.9 Å². The number of esters is 1. The number of urea groups is 1. The van der Waals surface area contributed by atoms with E-state index < -0.39 is 24.0 Å². The maximum atomic E-state index is 12.6. The minimum atomic E-state index is -1.20. The minimum Gasteiger partial charge on any atom is -0.449 e. The Morgan fingerprint density at radius 3 is 2.48 bits per heavy atom. The van der Waals surface area contributed by atoms with Gasteiger partial charge in [0.2, 0.25) is 5.76 Å². The number of furan rings is 1. The Morgan fingerprint density at radius 1 is 1.07 bits per heavy atom. The Labute approximate surface area is 171 Å². The van der Waals surface area contributed by atoms with Crippen molar-refractivity contribution < 1.29 is 23.5 Å². The van der Waals surface area contributed by atoms with Crippen molar-refractivity contribution in [3.63, 3.8) is 0 Å². The molecule has 3 N–H and O–H groups in total. The van der Waals surface area contributed by atoms with E-state index in [1.165, 1.54) is 12.5 Å². The number of hydrogen-bond acceptors (Lipinski definition) is 6. The summed E-state index contributed by atoms with van der Waals surface area (Å²) in [6.07, 6.45) is -1.20. The van der Waals surface area contributed by atoms with Crippen molar-refractivity contribution in [1.82, 2.24) is 5.32 Å². The van der Waals surface area contributed by atoms with Crippen LogP contribution in [0.3, 0.4) is 0 Å². The molecular weight excluding hydrogens is 392 g/mol. The molecule has 1 atom stereocenters. The first-order chi connectivity index (χ1) is 14.0. The van der Waals surface area contributed by atoms with Crippen molar-refractivity contribution in [2.75, 3.05) is 0 Å². The molecule has 0 radical (unpaired) electrons. The van der Waals surface area contributed by atoms with Gasteiger partial charge in [-0.1, -0.05) is 48.5 Å². The van der Waals surface area contributed by atoms with E-state index in [0.717, 1.165) is 11.1 Å². The fourth-order valence-corrected chi connectivity index (χ4v) is 3.76. The van der Waals surface area contributed by atoms with Gasteiger partial charge in [-0.3, -0.25) is 10.1 Å². The highest BCUT2D eigenvalue weighted by Gasteiger charge is 2.26. The van der Waals surface area contributed by atoms with Crippen LogP contribution in [-0.2, 0) is 21.0 Å². The Balaban J connectivity index is 1.77. The van der Waals surface area contributed by atoms with Crippen LogP contribution >= 0.6 is 11.8 Å². The topological polar surface area (TPSA) is 112 Å². The van der Waals surface area contributed by atoms with E-state index in [2.05, 4.69) is 0 Å². The van der Waals surface area contributed by atoms with Crippen LogP contribution in [-0.4, -0.2) is 24.0 Å². The molecule has 29 heavy (non-hydrogen) atoms. The number of amides is 3. The standard InChI is InChI=1S/C21H20N2O5S/c1-13(19(24)23-21(22)26)27-20(25)18-16(15-9-5-6-10-17(15)28-18)12-29-11-14-7-3-2-4-8-14/h2-10,13H,11-12H2,1H3,(H3,22,23,24,26). The Kier molecular flexibility index (Phi) is 6.56. The smallest absolute Gasteiger partial charge is 0.375 e. The number of primary amides is 1. The molecule has 0 saturated heterocycles. The van der Waals surface area contributed by atoms with Gasteiger partial charge in [-0.25, -0.2) is 9.59 Å². The van der Waals surface area contributed by atoms with Crippen LogP contribution in [0, 0.1) is 0 Å². The summed E-state index contributed by atoms with van der Waals surface area (Å²) in [5.74, 6) is -0.235. The Bertz CT molecular complexity index is 1030. The molecule has 3 rings (SSSR count). The zero-order valence-corrected chi connectivity index (χ0v) is 16.5. The van der Waals surface area contributed by atoms with Crippen molar-refractivity contribution in [1.29, 1.82) is 0 Å². The lowest BCUT2D eigenvalue weighted by molar-refractivity contribution is -0.127. The quantitative estimate of drug-likeness (QED) is 0.574. The third-order valence-electron chi connectivity index (χ3n) is 4.14. The van der Waals surface area contributed by atoms with Crippen LogP contribution in [0.1, 0.15) is 28.6 Å². The van der Waals surface area contributed by atoms with Crippen molar-refractivity contribution in [3.8, 4) is 0 Å². The van der Waals surface area contributed by atoms with Crippen LogP contribution in [0.4, 0.5) is 4.79 Å². The number of thioether (sulfide) groups is 1. The van der Waals surface area contributed by atoms with Gasteiger partial charge in [0.15, 0.2) is 6.10 Å². The van der Waals surface area contributed by atoms with Crippen molar-refractivity contribution >= 4 is 40.6 Å². The number of fused-ring (bicyclic) bond motifs is 1. The molecular formula is C21H20N2O5S. The second-order valence-electron chi connectivity index (χ2n) is 6.29. The van der Waals surface area contributed by atoms with Gasteiger partial charge in [0.1, 0.15) is 5.58 Å². The third kappa shape index (κ3) is 5.17. The Morgan fingerprint density at radius 2 is 1.76 bits per heavy atom. The van der Waals surface area contributed by atoms with E-state index in [4.69, 9.17) is 14.9 Å². The first kappa shape index (κ1) is 20.5. The number of nitrogens with two attached hydrogens (primary N) is 1. The maximum Gasteiger partial charge on any atom is 0.375 e. The number of imide groups is 1. The SMILES string of the molecule is CC(OC(=O)c1oc2ccccc2c1CSCc1ccccc1)C(=O)NC(N)=O. The van der Waals surface area contributed by atoms with Crippen molar-refractivity contribution in [3.05, 3.63) is 71.5 Å². The molecule has 2 aromatic carbocycles. The van der Waals surface area contributed by atoms with Crippen LogP contribution < -0.4 is 11.1 Å². The normalized spacial score (nSPS) is 11.8. The molecule has 0 spiro atoms. The molecule has 3 amide bonds. The number of hydrogen-bond donors (Lipinski definition) is 2.